The fourth-order valence-electron chi connectivity index (χ4n) is 3.01. The first-order chi connectivity index (χ1) is 15.4. The van der Waals surface area contributed by atoms with Crippen molar-refractivity contribution in [3.05, 3.63) is 16.1 Å². The van der Waals surface area contributed by atoms with Crippen LogP contribution in [-0.2, 0) is 14.9 Å². The Hall–Kier alpha value is -1.72. The Morgan fingerprint density at radius 1 is 1.15 bits per heavy atom. The molecule has 1 aromatic heterocycles. The Kier molecular flexibility index (Phi) is 12.3. The molecular weight excluding hydrogens is 459 g/mol. The molecule has 0 bridgehead atoms. The van der Waals surface area contributed by atoms with E-state index in [9.17, 15) is 18.0 Å². The topological polar surface area (TPSA) is 83.0 Å². The van der Waals surface area contributed by atoms with Gasteiger partial charge in [-0.15, -0.1) is 11.3 Å². The monoisotopic (exact) mass is 495 g/mol. The van der Waals surface area contributed by atoms with Crippen LogP contribution in [0.3, 0.4) is 0 Å². The molecule has 1 aliphatic rings. The minimum Gasteiger partial charge on any atom is -0.475 e. The average Bonchev–Trinajstić information content (AvgIpc) is 3.24. The van der Waals surface area contributed by atoms with Crippen LogP contribution in [0.15, 0.2) is 5.38 Å². The van der Waals surface area contributed by atoms with Crippen LogP contribution in [0.5, 0.6) is 0 Å². The molecule has 2 rings (SSSR count). The normalized spacial score (nSPS) is 15.0. The van der Waals surface area contributed by atoms with Gasteiger partial charge in [-0.3, -0.25) is 9.69 Å². The number of alkyl halides is 3. The van der Waals surface area contributed by atoms with Gasteiger partial charge in [-0.25, -0.2) is 9.78 Å². The summed E-state index contributed by atoms with van der Waals surface area (Å²) in [5.74, 6) is -2.67. The van der Waals surface area contributed by atoms with Crippen molar-refractivity contribution in [2.45, 2.75) is 65.0 Å². The molecule has 190 valence electrons. The number of rotatable bonds is 9. The number of carboxylic acids is 1. The number of aliphatic carboxylic acids is 1. The quantitative estimate of drug-likeness (QED) is 0.511. The zero-order valence-electron chi connectivity index (χ0n) is 19.9. The minimum atomic E-state index is -5.08. The van der Waals surface area contributed by atoms with Crippen molar-refractivity contribution in [1.82, 2.24) is 14.8 Å². The van der Waals surface area contributed by atoms with Crippen LogP contribution in [0, 0.1) is 0 Å². The molecule has 1 saturated heterocycles. The average molecular weight is 496 g/mol. The van der Waals surface area contributed by atoms with Crippen molar-refractivity contribution in [2.24, 2.45) is 0 Å². The van der Waals surface area contributed by atoms with Gasteiger partial charge in [0.2, 0.25) is 0 Å². The molecule has 1 fully saturated rings. The van der Waals surface area contributed by atoms with Crippen molar-refractivity contribution in [2.75, 3.05) is 45.9 Å². The summed E-state index contributed by atoms with van der Waals surface area (Å²) >= 11 is 1.59. The number of hydrogen-bond donors (Lipinski definition) is 1. The fourth-order valence-corrected chi connectivity index (χ4v) is 3.89. The number of morpholine rings is 1. The summed E-state index contributed by atoms with van der Waals surface area (Å²) < 4.78 is 37.2. The molecular formula is C22H36F3N3O4S. The first-order valence-corrected chi connectivity index (χ1v) is 12.1. The van der Waals surface area contributed by atoms with Crippen LogP contribution in [0.2, 0.25) is 0 Å². The van der Waals surface area contributed by atoms with E-state index in [2.05, 4.69) is 37.6 Å². The third-order valence-electron chi connectivity index (χ3n) is 4.97. The first-order valence-electron chi connectivity index (χ1n) is 11.2. The van der Waals surface area contributed by atoms with Gasteiger partial charge >= 0.3 is 12.1 Å². The molecule has 0 aliphatic carbocycles. The molecule has 1 aliphatic heterocycles. The van der Waals surface area contributed by atoms with E-state index in [1.54, 1.807) is 11.3 Å². The molecule has 0 saturated carbocycles. The van der Waals surface area contributed by atoms with E-state index in [1.807, 2.05) is 10.3 Å². The SMILES string of the molecule is CCCCCCN(CCN1CCOCC1)C(=O)c1csc(C(C)(C)C)n1.O=C(O)C(F)(F)F. The number of carbonyl (C=O) groups excluding carboxylic acids is 1. The number of amides is 1. The van der Waals surface area contributed by atoms with Gasteiger partial charge in [-0.2, -0.15) is 13.2 Å². The standard InChI is InChI=1S/C20H35N3O2S.C2HF3O2/c1-5-6-7-8-9-23(11-10-22-12-14-25-15-13-22)18(24)17-16-26-19(21-17)20(2,3)4;3-2(4,5)1(6)7/h16H,5-15H2,1-4H3;(H,6,7). The smallest absolute Gasteiger partial charge is 0.475 e. The zero-order chi connectivity index (χ0) is 25.1. The van der Waals surface area contributed by atoms with Gasteiger partial charge in [-0.1, -0.05) is 47.0 Å². The molecule has 1 N–H and O–H groups in total. The van der Waals surface area contributed by atoms with Crippen LogP contribution in [0.1, 0.15) is 68.9 Å². The van der Waals surface area contributed by atoms with Gasteiger partial charge < -0.3 is 14.7 Å². The Bertz CT molecular complexity index is 729. The summed E-state index contributed by atoms with van der Waals surface area (Å²) in [4.78, 5) is 31.0. The number of unbranched alkanes of at least 4 members (excludes halogenated alkanes) is 3. The fraction of sp³-hybridized carbons (Fsp3) is 0.773. The largest absolute Gasteiger partial charge is 0.490 e. The maximum atomic E-state index is 13.0. The highest BCUT2D eigenvalue weighted by molar-refractivity contribution is 7.10. The van der Waals surface area contributed by atoms with Crippen LogP contribution in [0.25, 0.3) is 0 Å². The van der Waals surface area contributed by atoms with Crippen molar-refractivity contribution < 1.29 is 32.6 Å². The summed E-state index contributed by atoms with van der Waals surface area (Å²) in [6, 6.07) is 0. The summed E-state index contributed by atoms with van der Waals surface area (Å²) in [5.41, 5.74) is 0.598. The maximum absolute atomic E-state index is 13.0. The Morgan fingerprint density at radius 2 is 1.76 bits per heavy atom. The summed E-state index contributed by atoms with van der Waals surface area (Å²) in [6.07, 6.45) is -0.389. The molecule has 0 radical (unpaired) electrons. The van der Waals surface area contributed by atoms with E-state index in [0.29, 0.717) is 5.69 Å². The molecule has 1 aromatic rings. The molecule has 0 atom stereocenters. The van der Waals surface area contributed by atoms with Crippen molar-refractivity contribution in [3.63, 3.8) is 0 Å². The van der Waals surface area contributed by atoms with Gasteiger partial charge in [-0.05, 0) is 6.42 Å². The number of carboxylic acid groups (broad SMARTS) is 1. The summed E-state index contributed by atoms with van der Waals surface area (Å²) in [6.45, 7) is 14.7. The molecule has 1 amide bonds. The first kappa shape index (κ1) is 29.3. The van der Waals surface area contributed by atoms with E-state index in [4.69, 9.17) is 14.6 Å². The van der Waals surface area contributed by atoms with Gasteiger partial charge in [0.05, 0.1) is 18.2 Å². The molecule has 0 unspecified atom stereocenters. The zero-order valence-corrected chi connectivity index (χ0v) is 20.7. The van der Waals surface area contributed by atoms with E-state index in [0.717, 1.165) is 57.4 Å². The second-order valence-corrected chi connectivity index (χ2v) is 9.76. The maximum Gasteiger partial charge on any atom is 0.490 e. The minimum absolute atomic E-state index is 0.0110. The van der Waals surface area contributed by atoms with Crippen LogP contribution >= 0.6 is 11.3 Å². The van der Waals surface area contributed by atoms with Gasteiger partial charge in [0.1, 0.15) is 5.69 Å². The number of halogens is 3. The Morgan fingerprint density at radius 3 is 2.24 bits per heavy atom. The van der Waals surface area contributed by atoms with E-state index >= 15 is 0 Å². The van der Waals surface area contributed by atoms with Crippen molar-refractivity contribution >= 4 is 23.2 Å². The van der Waals surface area contributed by atoms with Gasteiger partial charge in [0, 0.05) is 43.5 Å². The van der Waals surface area contributed by atoms with E-state index in [-0.39, 0.29) is 11.3 Å². The molecule has 2 heterocycles. The van der Waals surface area contributed by atoms with E-state index < -0.39 is 12.1 Å². The predicted molar refractivity (Wildman–Crippen MR) is 122 cm³/mol. The van der Waals surface area contributed by atoms with E-state index in [1.165, 1.54) is 19.3 Å². The second kappa shape index (κ2) is 13.9. The summed E-state index contributed by atoms with van der Waals surface area (Å²) in [7, 11) is 0. The third kappa shape index (κ3) is 11.3. The third-order valence-corrected chi connectivity index (χ3v) is 6.23. The predicted octanol–water partition coefficient (Wildman–Crippen LogP) is 4.43. The Balaban J connectivity index is 0.000000675. The molecule has 11 heteroatoms. The van der Waals surface area contributed by atoms with Crippen molar-refractivity contribution in [3.8, 4) is 0 Å². The lowest BCUT2D eigenvalue weighted by Crippen LogP contribution is -2.43. The highest BCUT2D eigenvalue weighted by atomic mass is 32.1. The van der Waals surface area contributed by atoms with Crippen LogP contribution < -0.4 is 0 Å². The van der Waals surface area contributed by atoms with Gasteiger partial charge in [0.25, 0.3) is 5.91 Å². The number of aromatic nitrogens is 1. The number of thiazole rings is 1. The number of hydrogen-bond acceptors (Lipinski definition) is 6. The van der Waals surface area contributed by atoms with Crippen LogP contribution in [0.4, 0.5) is 13.2 Å². The second-order valence-electron chi connectivity index (χ2n) is 8.90. The number of nitrogens with zero attached hydrogens (tertiary/aromatic N) is 3. The number of ether oxygens (including phenoxy) is 1. The molecule has 7 nitrogen and oxygen atoms in total. The highest BCUT2D eigenvalue weighted by Crippen LogP contribution is 2.26. The summed E-state index contributed by atoms with van der Waals surface area (Å²) in [5, 5.41) is 10.1. The van der Waals surface area contributed by atoms with Crippen LogP contribution in [-0.4, -0.2) is 83.9 Å². The lowest BCUT2D eigenvalue weighted by atomic mass is 9.98. The van der Waals surface area contributed by atoms with Gasteiger partial charge in [0.15, 0.2) is 0 Å². The number of carbonyl (C=O) groups is 2. The lowest BCUT2D eigenvalue weighted by Gasteiger charge is -2.30. The lowest BCUT2D eigenvalue weighted by molar-refractivity contribution is -0.192. The Labute approximate surface area is 197 Å². The highest BCUT2D eigenvalue weighted by Gasteiger charge is 2.38. The molecule has 0 spiro atoms. The van der Waals surface area contributed by atoms with Crippen molar-refractivity contribution in [1.29, 1.82) is 0 Å². The molecule has 33 heavy (non-hydrogen) atoms. The molecule has 0 aromatic carbocycles.